The maximum atomic E-state index is 12.9. The second-order valence-corrected chi connectivity index (χ2v) is 16.2. The third-order valence-electron chi connectivity index (χ3n) is 11.2. The molecule has 0 saturated carbocycles. The Morgan fingerprint density at radius 2 is 0.943 bits per heavy atom. The van der Waals surface area contributed by atoms with E-state index in [9.17, 15) is 30.3 Å². The number of aliphatic hydroxyl groups excluding tert-OH is 5. The van der Waals surface area contributed by atoms with Gasteiger partial charge in [-0.1, -0.05) is 200 Å². The van der Waals surface area contributed by atoms with Gasteiger partial charge in [-0.2, -0.15) is 0 Å². The van der Waals surface area contributed by atoms with E-state index < -0.39 is 49.5 Å². The van der Waals surface area contributed by atoms with Crippen LogP contribution in [0.25, 0.3) is 0 Å². The Balaban J connectivity index is 2.23. The van der Waals surface area contributed by atoms with Crippen LogP contribution in [0.5, 0.6) is 0 Å². The van der Waals surface area contributed by atoms with Crippen molar-refractivity contribution < 1.29 is 39.8 Å². The minimum absolute atomic E-state index is 0.133. The molecule has 6 N–H and O–H groups in total. The normalized spacial score (nSPS) is 21.5. The van der Waals surface area contributed by atoms with Crippen molar-refractivity contribution in [3.8, 4) is 0 Å². The van der Waals surface area contributed by atoms with Crippen molar-refractivity contribution in [1.82, 2.24) is 5.32 Å². The highest BCUT2D eigenvalue weighted by atomic mass is 16.7. The van der Waals surface area contributed by atoms with E-state index in [1.54, 1.807) is 0 Å². The van der Waals surface area contributed by atoms with Gasteiger partial charge >= 0.3 is 0 Å². The van der Waals surface area contributed by atoms with Crippen LogP contribution in [0.3, 0.4) is 0 Å². The van der Waals surface area contributed by atoms with Crippen LogP contribution in [0.1, 0.15) is 219 Å². The van der Waals surface area contributed by atoms with Crippen molar-refractivity contribution in [2.75, 3.05) is 13.2 Å². The summed E-state index contributed by atoms with van der Waals surface area (Å²) in [6.45, 7) is 3.82. The number of hydrogen-bond donors (Lipinski definition) is 6. The van der Waals surface area contributed by atoms with E-state index in [-0.39, 0.29) is 12.5 Å². The van der Waals surface area contributed by atoms with Crippen molar-refractivity contribution in [2.24, 2.45) is 0 Å². The molecule has 0 aromatic rings. The summed E-state index contributed by atoms with van der Waals surface area (Å²) in [5.41, 5.74) is 0. The maximum absolute atomic E-state index is 12.9. The van der Waals surface area contributed by atoms with Gasteiger partial charge in [-0.25, -0.2) is 0 Å². The fourth-order valence-electron chi connectivity index (χ4n) is 7.51. The first kappa shape index (κ1) is 50.2. The monoisotopic (exact) mass is 758 g/mol. The van der Waals surface area contributed by atoms with Crippen LogP contribution >= 0.6 is 0 Å². The molecule has 316 valence electrons. The van der Waals surface area contributed by atoms with Crippen LogP contribution < -0.4 is 5.32 Å². The summed E-state index contributed by atoms with van der Waals surface area (Å²) in [4.78, 5) is 12.9. The summed E-state index contributed by atoms with van der Waals surface area (Å²) >= 11 is 0. The van der Waals surface area contributed by atoms with Crippen molar-refractivity contribution in [3.63, 3.8) is 0 Å². The molecule has 9 heteroatoms. The first-order valence-electron chi connectivity index (χ1n) is 22.7. The average molecular weight is 758 g/mol. The number of hydrogen-bond acceptors (Lipinski definition) is 8. The fraction of sp³-hybridized carbons (Fsp3) is 0.977. The summed E-state index contributed by atoms with van der Waals surface area (Å²) in [6.07, 6.45) is 31.2. The Kier molecular flexibility index (Phi) is 33.7. The predicted molar refractivity (Wildman–Crippen MR) is 217 cm³/mol. The van der Waals surface area contributed by atoms with E-state index in [0.717, 1.165) is 38.5 Å². The third-order valence-corrected chi connectivity index (χ3v) is 11.2. The number of rotatable bonds is 38. The SMILES string of the molecule is CCCCCCCCCCCCCCCCCCCCCCCC(=O)NC(CO[C@H]1O[C@H](CO)[C@H](O)[C@H](O)[C@H]1O)C(O)CCCCCCCCCCC. The van der Waals surface area contributed by atoms with Crippen LogP contribution in [0, 0.1) is 0 Å². The van der Waals surface area contributed by atoms with Gasteiger partial charge in [0.25, 0.3) is 0 Å². The Hall–Kier alpha value is -0.810. The second-order valence-electron chi connectivity index (χ2n) is 16.2. The van der Waals surface area contributed by atoms with Crippen molar-refractivity contribution in [3.05, 3.63) is 0 Å². The number of ether oxygens (including phenoxy) is 2. The van der Waals surface area contributed by atoms with E-state index in [1.807, 2.05) is 0 Å². The van der Waals surface area contributed by atoms with E-state index in [4.69, 9.17) is 9.47 Å². The Bertz CT molecular complexity index is 801. The minimum Gasteiger partial charge on any atom is -0.394 e. The van der Waals surface area contributed by atoms with Crippen LogP contribution in [0.15, 0.2) is 0 Å². The Morgan fingerprint density at radius 3 is 1.34 bits per heavy atom. The van der Waals surface area contributed by atoms with Gasteiger partial charge in [0.2, 0.25) is 5.91 Å². The second kappa shape index (κ2) is 35.6. The first-order chi connectivity index (χ1) is 25.8. The molecule has 7 atom stereocenters. The summed E-state index contributed by atoms with van der Waals surface area (Å²) in [7, 11) is 0. The number of aliphatic hydroxyl groups is 5. The highest BCUT2D eigenvalue weighted by Crippen LogP contribution is 2.23. The van der Waals surface area contributed by atoms with Crippen molar-refractivity contribution in [1.29, 1.82) is 0 Å². The number of nitrogens with one attached hydrogen (secondary N) is 1. The summed E-state index contributed by atoms with van der Waals surface area (Å²) in [5, 5.41) is 54.1. The van der Waals surface area contributed by atoms with E-state index in [2.05, 4.69) is 19.2 Å². The maximum Gasteiger partial charge on any atom is 0.220 e. The summed E-state index contributed by atoms with van der Waals surface area (Å²) in [5.74, 6) is -0.142. The molecule has 0 aromatic carbocycles. The lowest BCUT2D eigenvalue weighted by Gasteiger charge is -2.40. The van der Waals surface area contributed by atoms with Gasteiger partial charge in [0.05, 0.1) is 25.4 Å². The first-order valence-corrected chi connectivity index (χ1v) is 22.7. The molecule has 0 bridgehead atoms. The molecular weight excluding hydrogens is 670 g/mol. The highest BCUT2D eigenvalue weighted by Gasteiger charge is 2.44. The molecule has 1 heterocycles. The van der Waals surface area contributed by atoms with Crippen molar-refractivity contribution >= 4 is 5.91 Å². The van der Waals surface area contributed by atoms with Gasteiger partial charge in [0.15, 0.2) is 6.29 Å². The zero-order valence-corrected chi connectivity index (χ0v) is 34.5. The Labute approximate surface area is 325 Å². The van der Waals surface area contributed by atoms with E-state index in [0.29, 0.717) is 12.8 Å². The molecule has 0 radical (unpaired) electrons. The molecular formula is C44H87NO8. The standard InChI is InChI=1S/C44H87NO8/c1-3-5-7-9-11-13-14-15-16-17-18-19-20-21-22-23-24-26-28-30-32-34-40(48)45-37(38(47)33-31-29-27-25-12-10-8-6-4-2)36-52-44-43(51)42(50)41(49)39(35-46)53-44/h37-39,41-44,46-47,49-51H,3-36H2,1-2H3,(H,45,48)/t37?,38?,39-,41+,42+,43-,44+/m1/s1. The zero-order valence-electron chi connectivity index (χ0n) is 34.5. The largest absolute Gasteiger partial charge is 0.394 e. The molecule has 0 aromatic heterocycles. The molecule has 9 nitrogen and oxygen atoms in total. The molecule has 1 aliphatic rings. The Morgan fingerprint density at radius 1 is 0.566 bits per heavy atom. The van der Waals surface area contributed by atoms with Gasteiger partial charge < -0.3 is 40.3 Å². The summed E-state index contributed by atoms with van der Waals surface area (Å²) < 4.78 is 11.2. The molecule has 53 heavy (non-hydrogen) atoms. The minimum atomic E-state index is -1.55. The number of unbranched alkanes of at least 4 members (excludes halogenated alkanes) is 28. The molecule has 1 amide bonds. The number of amides is 1. The third kappa shape index (κ3) is 26.6. The molecule has 2 unspecified atom stereocenters. The quantitative estimate of drug-likeness (QED) is 0.0342. The predicted octanol–water partition coefficient (Wildman–Crippen LogP) is 9.17. The van der Waals surface area contributed by atoms with Crippen LogP contribution in [-0.2, 0) is 14.3 Å². The van der Waals surface area contributed by atoms with Crippen LogP contribution in [-0.4, -0.2) is 87.5 Å². The molecule has 1 fully saturated rings. The van der Waals surface area contributed by atoms with E-state index >= 15 is 0 Å². The van der Waals surface area contributed by atoms with Gasteiger partial charge in [-0.3, -0.25) is 4.79 Å². The average Bonchev–Trinajstić information content (AvgIpc) is 3.16. The van der Waals surface area contributed by atoms with Crippen LogP contribution in [0.4, 0.5) is 0 Å². The van der Waals surface area contributed by atoms with Crippen molar-refractivity contribution in [2.45, 2.75) is 262 Å². The zero-order chi connectivity index (χ0) is 38.8. The van der Waals surface area contributed by atoms with Crippen LogP contribution in [0.2, 0.25) is 0 Å². The topological polar surface area (TPSA) is 149 Å². The lowest BCUT2D eigenvalue weighted by atomic mass is 9.99. The van der Waals surface area contributed by atoms with Gasteiger partial charge in [-0.05, 0) is 12.8 Å². The lowest BCUT2D eigenvalue weighted by Crippen LogP contribution is -2.60. The van der Waals surface area contributed by atoms with Gasteiger partial charge in [0, 0.05) is 6.42 Å². The highest BCUT2D eigenvalue weighted by molar-refractivity contribution is 5.76. The summed E-state index contributed by atoms with van der Waals surface area (Å²) in [6, 6.07) is -0.709. The fourth-order valence-corrected chi connectivity index (χ4v) is 7.51. The van der Waals surface area contributed by atoms with E-state index in [1.165, 1.54) is 154 Å². The molecule has 1 aliphatic heterocycles. The van der Waals surface area contributed by atoms with Gasteiger partial charge in [0.1, 0.15) is 24.4 Å². The molecule has 0 aliphatic carbocycles. The number of carbonyl (C=O) groups is 1. The number of carbonyl (C=O) groups excluding carboxylic acids is 1. The molecule has 1 rings (SSSR count). The smallest absolute Gasteiger partial charge is 0.220 e. The molecule has 0 spiro atoms. The lowest BCUT2D eigenvalue weighted by molar-refractivity contribution is -0.302. The van der Waals surface area contributed by atoms with Gasteiger partial charge in [-0.15, -0.1) is 0 Å². The molecule has 1 saturated heterocycles.